The molecule has 0 nitrogen and oxygen atoms in total. The Bertz CT molecular complexity index is 630. The summed E-state index contributed by atoms with van der Waals surface area (Å²) >= 11 is 0. The summed E-state index contributed by atoms with van der Waals surface area (Å²) in [5, 5.41) is -0.000888. The molecule has 26 heavy (non-hydrogen) atoms. The molecule has 1 aromatic rings. The molecule has 1 rings (SSSR count). The van der Waals surface area contributed by atoms with Crippen molar-refractivity contribution in [3.05, 3.63) is 36.4 Å². The van der Waals surface area contributed by atoms with Crippen molar-refractivity contribution in [2.45, 2.75) is 49.5 Å². The zero-order valence-corrected chi connectivity index (χ0v) is 14.8. The summed E-state index contributed by atoms with van der Waals surface area (Å²) in [6.07, 6.45) is -11.8. The summed E-state index contributed by atoms with van der Waals surface area (Å²) in [4.78, 5) is 0. The molecule has 0 spiro atoms. The predicted molar refractivity (Wildman–Crippen MR) is 84.2 cm³/mol. The van der Waals surface area contributed by atoms with Crippen molar-refractivity contribution in [1.82, 2.24) is 0 Å². The Hall–Kier alpha value is -1.45. The second kappa shape index (κ2) is 7.65. The Morgan fingerprint density at radius 1 is 0.923 bits per heavy atom. The smallest absolute Gasteiger partial charge is 0.244 e. The van der Waals surface area contributed by atoms with Gasteiger partial charge < -0.3 is 0 Å². The van der Waals surface area contributed by atoms with Gasteiger partial charge in [0, 0.05) is 0 Å². The number of hydrogen-bond acceptors (Lipinski definition) is 0. The van der Waals surface area contributed by atoms with Gasteiger partial charge in [0.2, 0.25) is 6.17 Å². The average Bonchev–Trinajstić information content (AvgIpc) is 2.58. The lowest BCUT2D eigenvalue weighted by atomic mass is 10.0. The van der Waals surface area contributed by atoms with Gasteiger partial charge in [-0.15, -0.1) is 0 Å². The zero-order valence-electron chi connectivity index (χ0n) is 13.8. The van der Waals surface area contributed by atoms with Gasteiger partial charge in [0.25, 0.3) is 6.43 Å². The van der Waals surface area contributed by atoms with Crippen LogP contribution in [0.4, 0.5) is 39.5 Å². The van der Waals surface area contributed by atoms with Crippen molar-refractivity contribution < 1.29 is 39.5 Å². The molecule has 0 aromatic heterocycles. The number of benzene rings is 1. The van der Waals surface area contributed by atoms with Crippen molar-refractivity contribution in [2.24, 2.45) is 0 Å². The van der Waals surface area contributed by atoms with Crippen LogP contribution in [-0.2, 0) is 0 Å². The van der Waals surface area contributed by atoms with E-state index in [1.165, 1.54) is 30.3 Å². The molecule has 0 saturated heterocycles. The first kappa shape index (κ1) is 22.6. The SMILES string of the molecule is C=Cc1ccccc1[Si](C)(C)C(F)C(F)(F)C(F)(F)C(F)C(F)C(F)F. The van der Waals surface area contributed by atoms with Crippen molar-refractivity contribution in [3.63, 3.8) is 0 Å². The minimum absolute atomic E-state index is 0.000888. The van der Waals surface area contributed by atoms with Gasteiger partial charge in [0.1, 0.15) is 8.07 Å². The molecule has 0 radical (unpaired) electrons. The molecule has 0 N–H and O–H groups in total. The Morgan fingerprint density at radius 2 is 1.42 bits per heavy atom. The molecule has 0 bridgehead atoms. The highest BCUT2D eigenvalue weighted by Gasteiger charge is 2.71. The third kappa shape index (κ3) is 3.79. The molecule has 0 aliphatic carbocycles. The number of hydrogen-bond donors (Lipinski definition) is 0. The number of alkyl halides is 9. The maximum Gasteiger partial charge on any atom is 0.346 e. The average molecular weight is 408 g/mol. The van der Waals surface area contributed by atoms with E-state index in [9.17, 15) is 39.5 Å². The second-order valence-electron chi connectivity index (χ2n) is 6.30. The van der Waals surface area contributed by atoms with Gasteiger partial charge in [0.15, 0.2) is 12.0 Å². The van der Waals surface area contributed by atoms with E-state index in [0.717, 1.165) is 13.1 Å². The van der Waals surface area contributed by atoms with E-state index in [0.29, 0.717) is 0 Å². The van der Waals surface area contributed by atoms with Crippen molar-refractivity contribution in [2.75, 3.05) is 0 Å². The van der Waals surface area contributed by atoms with Crippen LogP contribution < -0.4 is 5.19 Å². The van der Waals surface area contributed by atoms with Gasteiger partial charge in [0.05, 0.1) is 0 Å². The van der Waals surface area contributed by atoms with Crippen LogP contribution in [0.3, 0.4) is 0 Å². The summed E-state index contributed by atoms with van der Waals surface area (Å²) in [6.45, 7) is 5.41. The van der Waals surface area contributed by atoms with Crippen LogP contribution >= 0.6 is 0 Å². The van der Waals surface area contributed by atoms with Gasteiger partial charge in [-0.2, -0.15) is 17.6 Å². The van der Waals surface area contributed by atoms with Crippen LogP contribution in [0.2, 0.25) is 13.1 Å². The van der Waals surface area contributed by atoms with E-state index in [-0.39, 0.29) is 10.8 Å². The fourth-order valence-electron chi connectivity index (χ4n) is 2.53. The maximum absolute atomic E-state index is 14.6. The highest BCUT2D eigenvalue weighted by molar-refractivity contribution is 6.91. The van der Waals surface area contributed by atoms with Gasteiger partial charge in [-0.05, 0) is 10.8 Å². The lowest BCUT2D eigenvalue weighted by Gasteiger charge is -2.38. The Labute approximate surface area is 145 Å². The van der Waals surface area contributed by atoms with Gasteiger partial charge in [-0.1, -0.05) is 50.0 Å². The van der Waals surface area contributed by atoms with Crippen LogP contribution in [0.25, 0.3) is 6.08 Å². The third-order valence-corrected chi connectivity index (χ3v) is 7.61. The Kier molecular flexibility index (Phi) is 6.65. The van der Waals surface area contributed by atoms with Gasteiger partial charge in [-0.25, -0.2) is 22.0 Å². The van der Waals surface area contributed by atoms with Crippen molar-refractivity contribution in [3.8, 4) is 0 Å². The molecular weight excluding hydrogens is 391 g/mol. The highest BCUT2D eigenvalue weighted by Crippen LogP contribution is 2.46. The first-order chi connectivity index (χ1) is 11.7. The summed E-state index contributed by atoms with van der Waals surface area (Å²) < 4.78 is 121. The van der Waals surface area contributed by atoms with E-state index in [1.807, 2.05) is 0 Å². The standard InChI is InChI=1S/C16H17F9Si/c1-4-9-7-5-6-8-10(9)26(2,3)14(21)16(24,25)15(22,23)12(18)11(17)13(19)20/h4-8,11-14H,1H2,2-3H3. The molecule has 10 heteroatoms. The van der Waals surface area contributed by atoms with Crippen molar-refractivity contribution in [1.29, 1.82) is 0 Å². The molecule has 0 aliphatic rings. The second-order valence-corrected chi connectivity index (χ2v) is 10.8. The predicted octanol–water partition coefficient (Wildman–Crippen LogP) is 5.33. The molecule has 0 aliphatic heterocycles. The molecule has 0 heterocycles. The molecule has 3 unspecified atom stereocenters. The minimum Gasteiger partial charge on any atom is -0.244 e. The van der Waals surface area contributed by atoms with E-state index < -0.39 is 44.5 Å². The van der Waals surface area contributed by atoms with Crippen molar-refractivity contribution >= 4 is 19.3 Å². The normalized spacial score (nSPS) is 17.1. The molecular formula is C16H17F9Si. The lowest BCUT2D eigenvalue weighted by molar-refractivity contribution is -0.266. The molecule has 1 aromatic carbocycles. The summed E-state index contributed by atoms with van der Waals surface area (Å²) in [6, 6.07) is 5.49. The van der Waals surface area contributed by atoms with Crippen LogP contribution in [-0.4, -0.2) is 44.5 Å². The molecule has 0 amide bonds. The Balaban J connectivity index is 3.35. The van der Waals surface area contributed by atoms with E-state index in [2.05, 4.69) is 6.58 Å². The fourth-order valence-corrected chi connectivity index (χ4v) is 5.36. The lowest BCUT2D eigenvalue weighted by Crippen LogP contribution is -2.66. The summed E-state index contributed by atoms with van der Waals surface area (Å²) in [7, 11) is -4.05. The third-order valence-electron chi connectivity index (χ3n) is 4.14. The van der Waals surface area contributed by atoms with Crippen LogP contribution in [0, 0.1) is 0 Å². The Morgan fingerprint density at radius 3 is 1.88 bits per heavy atom. The zero-order chi connectivity index (χ0) is 20.5. The fraction of sp³-hybridized carbons (Fsp3) is 0.500. The van der Waals surface area contributed by atoms with E-state index in [4.69, 9.17) is 0 Å². The quantitative estimate of drug-likeness (QED) is 0.403. The van der Waals surface area contributed by atoms with Crippen LogP contribution in [0.15, 0.2) is 30.8 Å². The van der Waals surface area contributed by atoms with Crippen LogP contribution in [0.1, 0.15) is 5.56 Å². The summed E-state index contributed by atoms with van der Waals surface area (Å²) in [5.41, 5.74) is 0.221. The number of rotatable bonds is 8. The van der Waals surface area contributed by atoms with Gasteiger partial charge in [-0.3, -0.25) is 0 Å². The topological polar surface area (TPSA) is 0 Å². The monoisotopic (exact) mass is 408 g/mol. The van der Waals surface area contributed by atoms with E-state index >= 15 is 0 Å². The summed E-state index contributed by atoms with van der Waals surface area (Å²) in [5.74, 6) is -15.2. The minimum atomic E-state index is -5.96. The van der Waals surface area contributed by atoms with E-state index in [1.54, 1.807) is 0 Å². The molecule has 0 saturated carbocycles. The highest BCUT2D eigenvalue weighted by atomic mass is 28.3. The first-order valence-electron chi connectivity index (χ1n) is 7.40. The maximum atomic E-state index is 14.6. The molecule has 3 atom stereocenters. The molecule has 148 valence electrons. The molecule has 0 fully saturated rings. The largest absolute Gasteiger partial charge is 0.346 e. The van der Waals surface area contributed by atoms with Crippen LogP contribution in [0.5, 0.6) is 0 Å². The first-order valence-corrected chi connectivity index (χ1v) is 10.5. The number of halogens is 9. The van der Waals surface area contributed by atoms with Gasteiger partial charge >= 0.3 is 11.8 Å².